The maximum atomic E-state index is 12.8. The number of rotatable bonds is 17. The number of carboxylic acid groups (broad SMARTS) is 2. The highest BCUT2D eigenvalue weighted by molar-refractivity contribution is 5.96. The van der Waals surface area contributed by atoms with Crippen LogP contribution in [0.1, 0.15) is 46.0 Å². The second-order valence-corrected chi connectivity index (χ2v) is 8.34. The lowest BCUT2D eigenvalue weighted by Crippen LogP contribution is -2.58. The van der Waals surface area contributed by atoms with E-state index < -0.39 is 79.0 Å². The molecule has 0 aliphatic carbocycles. The van der Waals surface area contributed by atoms with Gasteiger partial charge in [-0.2, -0.15) is 0 Å². The molecule has 0 rings (SSSR count). The molecule has 0 fully saturated rings. The SMILES string of the molecule is CC(C)C(N)C(=O)NC(CC(N)=O)C(=O)NC(CCC(=O)O)C(=O)NC(CCCN=C(N)N)C(=O)O. The van der Waals surface area contributed by atoms with Gasteiger partial charge in [0.2, 0.25) is 23.6 Å². The van der Waals surface area contributed by atoms with Gasteiger partial charge in [-0.25, -0.2) is 4.79 Å². The molecular formula is C20H36N8O8. The zero-order valence-corrected chi connectivity index (χ0v) is 20.2. The summed E-state index contributed by atoms with van der Waals surface area (Å²) in [6.45, 7) is 3.43. The Morgan fingerprint density at radius 3 is 1.81 bits per heavy atom. The van der Waals surface area contributed by atoms with Gasteiger partial charge in [0.1, 0.15) is 18.1 Å². The van der Waals surface area contributed by atoms with Crippen LogP contribution in [0, 0.1) is 5.92 Å². The van der Waals surface area contributed by atoms with Crippen LogP contribution in [0.5, 0.6) is 0 Å². The van der Waals surface area contributed by atoms with Crippen LogP contribution in [0.4, 0.5) is 0 Å². The number of aliphatic imine (C=N–C) groups is 1. The number of carbonyl (C=O) groups excluding carboxylic acids is 4. The third-order valence-corrected chi connectivity index (χ3v) is 4.90. The Labute approximate surface area is 207 Å². The number of hydrogen-bond donors (Lipinski definition) is 9. The van der Waals surface area contributed by atoms with Gasteiger partial charge in [0, 0.05) is 13.0 Å². The molecule has 16 nitrogen and oxygen atoms in total. The summed E-state index contributed by atoms with van der Waals surface area (Å²) in [5.74, 6) is -6.82. The number of aliphatic carboxylic acids is 2. The first-order valence-electron chi connectivity index (χ1n) is 11.1. The maximum Gasteiger partial charge on any atom is 0.326 e. The largest absolute Gasteiger partial charge is 0.481 e. The molecule has 4 unspecified atom stereocenters. The highest BCUT2D eigenvalue weighted by Crippen LogP contribution is 2.06. The molecule has 204 valence electrons. The van der Waals surface area contributed by atoms with Crippen molar-refractivity contribution >= 4 is 41.5 Å². The normalized spacial score (nSPS) is 14.0. The average molecular weight is 517 g/mol. The summed E-state index contributed by atoms with van der Waals surface area (Å²) in [6.07, 6.45) is -1.45. The fourth-order valence-corrected chi connectivity index (χ4v) is 2.82. The number of carbonyl (C=O) groups is 6. The first kappa shape index (κ1) is 32.0. The van der Waals surface area contributed by atoms with Gasteiger partial charge < -0.3 is 49.1 Å². The minimum absolute atomic E-state index is 0.0646. The first-order valence-corrected chi connectivity index (χ1v) is 11.1. The van der Waals surface area contributed by atoms with Crippen molar-refractivity contribution in [3.8, 4) is 0 Å². The molecule has 0 heterocycles. The predicted octanol–water partition coefficient (Wildman–Crippen LogP) is -3.70. The number of nitrogens with one attached hydrogen (secondary N) is 3. The molecule has 0 aromatic heterocycles. The van der Waals surface area contributed by atoms with Gasteiger partial charge in [-0.1, -0.05) is 13.8 Å². The monoisotopic (exact) mass is 516 g/mol. The van der Waals surface area contributed by atoms with Gasteiger partial charge in [0.25, 0.3) is 0 Å². The van der Waals surface area contributed by atoms with Gasteiger partial charge in [0.15, 0.2) is 5.96 Å². The summed E-state index contributed by atoms with van der Waals surface area (Å²) in [7, 11) is 0. The molecule has 0 saturated carbocycles. The number of primary amides is 1. The van der Waals surface area contributed by atoms with Crippen molar-refractivity contribution in [1.29, 1.82) is 0 Å². The van der Waals surface area contributed by atoms with Crippen molar-refractivity contribution in [3.05, 3.63) is 0 Å². The third-order valence-electron chi connectivity index (χ3n) is 4.90. The highest BCUT2D eigenvalue weighted by Gasteiger charge is 2.31. The lowest BCUT2D eigenvalue weighted by atomic mass is 10.0. The van der Waals surface area contributed by atoms with Crippen molar-refractivity contribution in [2.24, 2.45) is 33.8 Å². The molecule has 0 radical (unpaired) electrons. The highest BCUT2D eigenvalue weighted by atomic mass is 16.4. The number of nitrogens with two attached hydrogens (primary N) is 4. The molecule has 4 atom stereocenters. The van der Waals surface area contributed by atoms with E-state index >= 15 is 0 Å². The molecule has 0 saturated heterocycles. The van der Waals surface area contributed by atoms with E-state index in [0.29, 0.717) is 0 Å². The topological polar surface area (TPSA) is 295 Å². The van der Waals surface area contributed by atoms with Gasteiger partial charge >= 0.3 is 11.9 Å². The minimum Gasteiger partial charge on any atom is -0.481 e. The Hall–Kier alpha value is -3.95. The quantitative estimate of drug-likeness (QED) is 0.0514. The van der Waals surface area contributed by atoms with Crippen LogP contribution in [0.15, 0.2) is 4.99 Å². The number of amides is 4. The molecule has 0 aliphatic heterocycles. The summed E-state index contributed by atoms with van der Waals surface area (Å²) in [5, 5.41) is 25.2. The molecule has 0 bridgehead atoms. The average Bonchev–Trinajstić information content (AvgIpc) is 2.76. The Morgan fingerprint density at radius 1 is 0.806 bits per heavy atom. The zero-order chi connectivity index (χ0) is 28.0. The van der Waals surface area contributed by atoms with E-state index in [2.05, 4.69) is 20.9 Å². The first-order chi connectivity index (χ1) is 16.6. The minimum atomic E-state index is -1.50. The Balaban J connectivity index is 5.57. The Bertz CT molecular complexity index is 844. The smallest absolute Gasteiger partial charge is 0.326 e. The van der Waals surface area contributed by atoms with Gasteiger partial charge in [-0.05, 0) is 25.2 Å². The van der Waals surface area contributed by atoms with E-state index in [1.54, 1.807) is 13.8 Å². The molecule has 16 heteroatoms. The van der Waals surface area contributed by atoms with Gasteiger partial charge in [-0.15, -0.1) is 0 Å². The molecule has 0 aromatic rings. The Kier molecular flexibility index (Phi) is 14.1. The second kappa shape index (κ2) is 15.9. The van der Waals surface area contributed by atoms with E-state index in [1.165, 1.54) is 0 Å². The zero-order valence-electron chi connectivity index (χ0n) is 20.2. The fourth-order valence-electron chi connectivity index (χ4n) is 2.82. The summed E-state index contributed by atoms with van der Waals surface area (Å²) in [6, 6.07) is -5.40. The van der Waals surface area contributed by atoms with Crippen LogP contribution < -0.4 is 38.9 Å². The second-order valence-electron chi connectivity index (χ2n) is 8.34. The molecule has 0 aromatic carbocycles. The molecule has 0 aliphatic rings. The molecular weight excluding hydrogens is 480 g/mol. The van der Waals surface area contributed by atoms with Crippen LogP contribution in [0.2, 0.25) is 0 Å². The van der Waals surface area contributed by atoms with E-state index in [4.69, 9.17) is 28.0 Å². The predicted molar refractivity (Wildman–Crippen MR) is 127 cm³/mol. The van der Waals surface area contributed by atoms with Gasteiger partial charge in [0.05, 0.1) is 12.5 Å². The van der Waals surface area contributed by atoms with E-state index in [-0.39, 0.29) is 31.3 Å². The molecule has 0 spiro atoms. The van der Waals surface area contributed by atoms with Crippen molar-refractivity contribution in [1.82, 2.24) is 16.0 Å². The molecule has 36 heavy (non-hydrogen) atoms. The third kappa shape index (κ3) is 13.1. The van der Waals surface area contributed by atoms with Crippen LogP contribution in [-0.2, 0) is 28.8 Å². The summed E-state index contributed by atoms with van der Waals surface area (Å²) >= 11 is 0. The number of hydrogen-bond acceptors (Lipinski definition) is 8. The van der Waals surface area contributed by atoms with Crippen LogP contribution in [0.25, 0.3) is 0 Å². The standard InChI is InChI=1S/C20H36N8O8/c1-9(2)15(22)18(34)28-12(8-13(21)29)17(33)26-10(5-6-14(30)31)16(32)27-11(19(35)36)4-3-7-25-20(23)24/h9-12,15H,3-8,22H2,1-2H3,(H2,21,29)(H,26,33)(H,27,32)(H,28,34)(H,30,31)(H,35,36)(H4,23,24,25). The van der Waals surface area contributed by atoms with Gasteiger partial charge in [-0.3, -0.25) is 29.0 Å². The number of guanidine groups is 1. The van der Waals surface area contributed by atoms with E-state index in [9.17, 15) is 33.9 Å². The number of nitrogens with zero attached hydrogens (tertiary/aromatic N) is 1. The summed E-state index contributed by atoms with van der Waals surface area (Å²) in [5.41, 5.74) is 21.3. The molecule has 4 amide bonds. The van der Waals surface area contributed by atoms with Crippen LogP contribution in [-0.4, -0.2) is 82.5 Å². The van der Waals surface area contributed by atoms with Crippen LogP contribution >= 0.6 is 0 Å². The Morgan fingerprint density at radius 2 is 1.33 bits per heavy atom. The fraction of sp³-hybridized carbons (Fsp3) is 0.650. The van der Waals surface area contributed by atoms with Crippen LogP contribution in [0.3, 0.4) is 0 Å². The van der Waals surface area contributed by atoms with E-state index in [0.717, 1.165) is 0 Å². The maximum absolute atomic E-state index is 12.8. The summed E-state index contributed by atoms with van der Waals surface area (Å²) in [4.78, 5) is 75.6. The van der Waals surface area contributed by atoms with Crippen molar-refractivity contribution in [2.75, 3.05) is 6.54 Å². The van der Waals surface area contributed by atoms with Crippen molar-refractivity contribution < 1.29 is 39.0 Å². The van der Waals surface area contributed by atoms with Crippen molar-refractivity contribution in [2.45, 2.75) is 70.1 Å². The summed E-state index contributed by atoms with van der Waals surface area (Å²) < 4.78 is 0. The lowest BCUT2D eigenvalue weighted by molar-refractivity contribution is -0.143. The van der Waals surface area contributed by atoms with Crippen molar-refractivity contribution in [3.63, 3.8) is 0 Å². The number of carboxylic acids is 2. The van der Waals surface area contributed by atoms with E-state index in [1.807, 2.05) is 0 Å². The molecule has 13 N–H and O–H groups in total. The lowest BCUT2D eigenvalue weighted by Gasteiger charge is -2.25.